The highest BCUT2D eigenvalue weighted by Crippen LogP contribution is 2.32. The number of carbonyl (C=O) groups excluding carboxylic acids is 2. The van der Waals surface area contributed by atoms with E-state index < -0.39 is 23.0 Å². The largest absolute Gasteiger partial charge is 0.485 e. The van der Waals surface area contributed by atoms with Crippen LogP contribution in [0.4, 0.5) is 0 Å². The fourth-order valence-electron chi connectivity index (χ4n) is 2.49. The number of Topliss-reactive ketones (excluding diaryl/α,β-unsaturated/α-hetero) is 1. The van der Waals surface area contributed by atoms with Gasteiger partial charge in [-0.15, -0.1) is 0 Å². The fourth-order valence-corrected chi connectivity index (χ4v) is 2.49. The van der Waals surface area contributed by atoms with Gasteiger partial charge in [-0.25, -0.2) is 0 Å². The lowest BCUT2D eigenvalue weighted by Crippen LogP contribution is -2.56. The predicted octanol–water partition coefficient (Wildman–Crippen LogP) is 2.97. The van der Waals surface area contributed by atoms with Gasteiger partial charge in [-0.05, 0) is 17.5 Å². The Hall–Kier alpha value is -2.04. The van der Waals surface area contributed by atoms with Gasteiger partial charge in [0.05, 0.1) is 6.04 Å². The Bertz CT molecular complexity index is 625. The quantitative estimate of drug-likeness (QED) is 0.923. The summed E-state index contributed by atoms with van der Waals surface area (Å²) in [5, 5.41) is 2.87. The topological polar surface area (TPSA) is 64.6 Å². The van der Waals surface area contributed by atoms with Crippen molar-refractivity contribution in [3.63, 3.8) is 0 Å². The Balaban J connectivity index is 2.13. The third kappa shape index (κ3) is 4.08. The predicted molar refractivity (Wildman–Crippen MR) is 92.2 cm³/mol. The van der Waals surface area contributed by atoms with Crippen LogP contribution in [0, 0.1) is 10.8 Å². The number of carbonyl (C=O) groups is 2. The van der Waals surface area contributed by atoms with Gasteiger partial charge < -0.3 is 14.8 Å². The Morgan fingerprint density at radius 3 is 2.21 bits per heavy atom. The van der Waals surface area contributed by atoms with E-state index in [1.165, 1.54) is 0 Å². The molecule has 2 rings (SSSR count). The van der Waals surface area contributed by atoms with Crippen LogP contribution in [-0.2, 0) is 9.59 Å². The molecule has 5 nitrogen and oxygen atoms in total. The molecule has 132 valence electrons. The van der Waals surface area contributed by atoms with Gasteiger partial charge >= 0.3 is 0 Å². The highest BCUT2D eigenvalue weighted by molar-refractivity contribution is 5.94. The molecule has 0 radical (unpaired) electrons. The summed E-state index contributed by atoms with van der Waals surface area (Å²) >= 11 is 0. The lowest BCUT2D eigenvalue weighted by atomic mass is 9.75. The molecule has 1 N–H and O–H groups in total. The maximum absolute atomic E-state index is 12.7. The number of nitrogens with one attached hydrogen (secondary N) is 1. The summed E-state index contributed by atoms with van der Waals surface area (Å²) in [6, 6.07) is 6.63. The fraction of sp³-hybridized carbons (Fsp3) is 0.579. The second-order valence-electron chi connectivity index (χ2n) is 8.29. The van der Waals surface area contributed by atoms with E-state index in [9.17, 15) is 9.59 Å². The van der Waals surface area contributed by atoms with Crippen molar-refractivity contribution in [2.75, 3.05) is 6.61 Å². The molecule has 0 aliphatic carbocycles. The molecule has 1 aliphatic rings. The molecule has 0 spiro atoms. The van der Waals surface area contributed by atoms with E-state index >= 15 is 0 Å². The number of para-hydroxylation sites is 2. The van der Waals surface area contributed by atoms with E-state index in [-0.39, 0.29) is 18.3 Å². The van der Waals surface area contributed by atoms with Gasteiger partial charge in [0.1, 0.15) is 6.61 Å². The lowest BCUT2D eigenvalue weighted by molar-refractivity contribution is -0.139. The van der Waals surface area contributed by atoms with Crippen molar-refractivity contribution in [3.05, 3.63) is 24.3 Å². The molecule has 0 bridgehead atoms. The number of hydrogen-bond acceptors (Lipinski definition) is 4. The van der Waals surface area contributed by atoms with Gasteiger partial charge in [-0.3, -0.25) is 9.59 Å². The van der Waals surface area contributed by atoms with Crippen LogP contribution in [0.3, 0.4) is 0 Å². The number of amides is 1. The number of fused-ring (bicyclic) bond motifs is 1. The molecule has 2 atom stereocenters. The summed E-state index contributed by atoms with van der Waals surface area (Å²) < 4.78 is 11.3. The summed E-state index contributed by atoms with van der Waals surface area (Å²) in [6.45, 7) is 11.5. The summed E-state index contributed by atoms with van der Waals surface area (Å²) in [7, 11) is 0. The van der Waals surface area contributed by atoms with Crippen LogP contribution in [0.2, 0.25) is 0 Å². The molecule has 2 unspecified atom stereocenters. The van der Waals surface area contributed by atoms with Crippen LogP contribution in [0.1, 0.15) is 41.5 Å². The maximum atomic E-state index is 12.7. The minimum Gasteiger partial charge on any atom is -0.485 e. The van der Waals surface area contributed by atoms with Gasteiger partial charge in [0.15, 0.2) is 17.3 Å². The monoisotopic (exact) mass is 333 g/mol. The summed E-state index contributed by atoms with van der Waals surface area (Å²) in [5.41, 5.74) is -0.935. The Labute approximate surface area is 143 Å². The average molecular weight is 333 g/mol. The van der Waals surface area contributed by atoms with Crippen LogP contribution in [0.25, 0.3) is 0 Å². The Morgan fingerprint density at radius 1 is 1.08 bits per heavy atom. The van der Waals surface area contributed by atoms with Crippen molar-refractivity contribution < 1.29 is 19.1 Å². The number of ether oxygens (including phenoxy) is 2. The molecule has 1 amide bonds. The van der Waals surface area contributed by atoms with E-state index in [2.05, 4.69) is 5.32 Å². The van der Waals surface area contributed by atoms with Crippen LogP contribution in [-0.4, -0.2) is 30.4 Å². The highest BCUT2D eigenvalue weighted by atomic mass is 16.6. The molecule has 5 heteroatoms. The van der Waals surface area contributed by atoms with Gasteiger partial charge in [0.25, 0.3) is 5.91 Å². The second kappa shape index (κ2) is 6.46. The first-order chi connectivity index (χ1) is 11.0. The van der Waals surface area contributed by atoms with Crippen molar-refractivity contribution in [2.45, 2.75) is 53.7 Å². The van der Waals surface area contributed by atoms with Crippen molar-refractivity contribution in [3.8, 4) is 11.5 Å². The zero-order chi connectivity index (χ0) is 18.1. The molecular weight excluding hydrogens is 306 g/mol. The Kier molecular flexibility index (Phi) is 4.92. The third-order valence-corrected chi connectivity index (χ3v) is 3.96. The first-order valence-corrected chi connectivity index (χ1v) is 8.23. The van der Waals surface area contributed by atoms with Crippen LogP contribution < -0.4 is 14.8 Å². The standard InChI is InChI=1S/C19H27NO4/c1-18(2,3)15(16(21)19(4,5)6)20-17(22)14-11-23-12-9-7-8-10-13(12)24-14/h7-10,14-15H,11H2,1-6H3,(H,20,22). The molecule has 0 fully saturated rings. The molecule has 0 aromatic heterocycles. The summed E-state index contributed by atoms with van der Waals surface area (Å²) in [5.74, 6) is 0.834. The van der Waals surface area contributed by atoms with Gasteiger partial charge in [0.2, 0.25) is 6.10 Å². The van der Waals surface area contributed by atoms with Crippen molar-refractivity contribution in [1.29, 1.82) is 0 Å². The van der Waals surface area contributed by atoms with Gasteiger partial charge in [-0.2, -0.15) is 0 Å². The van der Waals surface area contributed by atoms with E-state index in [0.717, 1.165) is 0 Å². The minimum atomic E-state index is -0.766. The molecule has 0 saturated carbocycles. The van der Waals surface area contributed by atoms with Crippen LogP contribution in [0.15, 0.2) is 24.3 Å². The molecule has 24 heavy (non-hydrogen) atoms. The van der Waals surface area contributed by atoms with E-state index in [4.69, 9.17) is 9.47 Å². The van der Waals surface area contributed by atoms with Crippen LogP contribution >= 0.6 is 0 Å². The number of ketones is 1. The SMILES string of the molecule is CC(C)(C)C(=O)C(NC(=O)C1COc2ccccc2O1)C(C)(C)C. The first-order valence-electron chi connectivity index (χ1n) is 8.23. The summed E-state index contributed by atoms with van der Waals surface area (Å²) in [6.07, 6.45) is -0.766. The smallest absolute Gasteiger partial charge is 0.265 e. The lowest BCUT2D eigenvalue weighted by Gasteiger charge is -2.36. The van der Waals surface area contributed by atoms with Crippen molar-refractivity contribution in [1.82, 2.24) is 5.32 Å². The molecule has 0 saturated heterocycles. The molecule has 1 aromatic carbocycles. The van der Waals surface area contributed by atoms with E-state index in [0.29, 0.717) is 11.5 Å². The average Bonchev–Trinajstić information content (AvgIpc) is 2.49. The maximum Gasteiger partial charge on any atom is 0.265 e. The molecule has 1 aliphatic heterocycles. The van der Waals surface area contributed by atoms with Crippen molar-refractivity contribution >= 4 is 11.7 Å². The number of rotatable bonds is 3. The normalized spacial score (nSPS) is 18.7. The second-order valence-corrected chi connectivity index (χ2v) is 8.29. The zero-order valence-corrected chi connectivity index (χ0v) is 15.3. The van der Waals surface area contributed by atoms with E-state index in [1.807, 2.05) is 53.7 Å². The third-order valence-electron chi connectivity index (χ3n) is 3.96. The summed E-state index contributed by atoms with van der Waals surface area (Å²) in [4.78, 5) is 25.4. The van der Waals surface area contributed by atoms with Crippen LogP contribution in [0.5, 0.6) is 11.5 Å². The Morgan fingerprint density at radius 2 is 1.67 bits per heavy atom. The molecule has 1 aromatic rings. The number of benzene rings is 1. The van der Waals surface area contributed by atoms with Gasteiger partial charge in [-0.1, -0.05) is 53.7 Å². The molecular formula is C19H27NO4. The van der Waals surface area contributed by atoms with Crippen molar-refractivity contribution in [2.24, 2.45) is 10.8 Å². The number of hydrogen-bond donors (Lipinski definition) is 1. The van der Waals surface area contributed by atoms with E-state index in [1.54, 1.807) is 12.1 Å². The minimum absolute atomic E-state index is 0.000443. The van der Waals surface area contributed by atoms with Gasteiger partial charge in [0, 0.05) is 5.41 Å². The first kappa shape index (κ1) is 18.3. The molecule has 1 heterocycles. The zero-order valence-electron chi connectivity index (χ0n) is 15.3. The highest BCUT2D eigenvalue weighted by Gasteiger charge is 2.40.